The van der Waals surface area contributed by atoms with Gasteiger partial charge in [-0.3, -0.25) is 0 Å². The van der Waals surface area contributed by atoms with E-state index < -0.39 is 10.0 Å². The highest BCUT2D eigenvalue weighted by molar-refractivity contribution is 7.89. The molecule has 1 aromatic carbocycles. The largest absolute Gasteiger partial charge is 0.339 e. The van der Waals surface area contributed by atoms with Crippen LogP contribution in [0, 0.1) is 0 Å². The fraction of sp³-hybridized carbons (Fsp3) is 0.294. The van der Waals surface area contributed by atoms with Crippen molar-refractivity contribution >= 4 is 21.4 Å². The molecule has 3 heterocycles. The van der Waals surface area contributed by atoms with Crippen molar-refractivity contribution in [1.82, 2.24) is 14.4 Å². The molecule has 130 valence electrons. The van der Waals surface area contributed by atoms with E-state index in [1.54, 1.807) is 35.6 Å². The maximum Gasteiger partial charge on any atom is 0.243 e. The first kappa shape index (κ1) is 16.4. The number of piperidine rings is 1. The Morgan fingerprint density at radius 1 is 1.16 bits per heavy atom. The Kier molecular flexibility index (Phi) is 4.41. The summed E-state index contributed by atoms with van der Waals surface area (Å²) in [6.45, 7) is 0.878. The minimum atomic E-state index is -3.49. The zero-order valence-corrected chi connectivity index (χ0v) is 15.0. The summed E-state index contributed by atoms with van der Waals surface area (Å²) >= 11 is 1.55. The molecule has 25 heavy (non-hydrogen) atoms. The summed E-state index contributed by atoms with van der Waals surface area (Å²) in [4.78, 5) is 5.74. The van der Waals surface area contributed by atoms with Gasteiger partial charge >= 0.3 is 0 Å². The molecule has 1 aliphatic rings. The Morgan fingerprint density at radius 2 is 2.00 bits per heavy atom. The number of benzene rings is 1. The topological polar surface area (TPSA) is 76.3 Å². The lowest BCUT2D eigenvalue weighted by molar-refractivity contribution is 0.265. The van der Waals surface area contributed by atoms with Crippen molar-refractivity contribution in [3.8, 4) is 10.7 Å². The third kappa shape index (κ3) is 3.24. The van der Waals surface area contributed by atoms with Crippen LogP contribution in [-0.2, 0) is 10.0 Å². The van der Waals surface area contributed by atoms with Crippen LogP contribution < -0.4 is 0 Å². The van der Waals surface area contributed by atoms with Crippen molar-refractivity contribution in [3.63, 3.8) is 0 Å². The van der Waals surface area contributed by atoms with Crippen LogP contribution in [0.3, 0.4) is 0 Å². The lowest BCUT2D eigenvalue weighted by atomic mass is 10.00. The zero-order valence-electron chi connectivity index (χ0n) is 13.4. The maximum absolute atomic E-state index is 12.8. The van der Waals surface area contributed by atoms with Gasteiger partial charge in [0.05, 0.1) is 15.7 Å². The summed E-state index contributed by atoms with van der Waals surface area (Å²) in [6.07, 6.45) is 1.61. The molecular weight excluding hydrogens is 358 g/mol. The number of nitrogens with zero attached hydrogens (tertiary/aromatic N) is 3. The molecule has 0 spiro atoms. The predicted molar refractivity (Wildman–Crippen MR) is 94.8 cm³/mol. The minimum Gasteiger partial charge on any atom is -0.339 e. The second-order valence-corrected chi connectivity index (χ2v) is 8.83. The maximum atomic E-state index is 12.8. The summed E-state index contributed by atoms with van der Waals surface area (Å²) < 4.78 is 32.6. The highest BCUT2D eigenvalue weighted by Crippen LogP contribution is 2.31. The van der Waals surface area contributed by atoms with Crippen molar-refractivity contribution in [2.45, 2.75) is 23.7 Å². The highest BCUT2D eigenvalue weighted by atomic mass is 32.2. The van der Waals surface area contributed by atoms with Crippen LogP contribution in [0.2, 0.25) is 0 Å². The highest BCUT2D eigenvalue weighted by Gasteiger charge is 2.33. The van der Waals surface area contributed by atoms with Gasteiger partial charge in [-0.15, -0.1) is 11.3 Å². The summed E-state index contributed by atoms with van der Waals surface area (Å²) in [5, 5.41) is 5.99. The number of thiophene rings is 1. The monoisotopic (exact) mass is 375 g/mol. The molecule has 1 aliphatic heterocycles. The zero-order chi connectivity index (χ0) is 17.3. The SMILES string of the molecule is O=S(=O)(c1ccccc1)N1CCC[C@@H](c2nc(-c3cccs3)no2)C1. The van der Waals surface area contributed by atoms with E-state index in [0.29, 0.717) is 29.7 Å². The van der Waals surface area contributed by atoms with Gasteiger partial charge in [-0.25, -0.2) is 8.42 Å². The molecule has 1 atom stereocenters. The molecule has 0 unspecified atom stereocenters. The van der Waals surface area contributed by atoms with Crippen LogP contribution >= 0.6 is 11.3 Å². The van der Waals surface area contributed by atoms with Gasteiger partial charge in [-0.05, 0) is 36.4 Å². The van der Waals surface area contributed by atoms with E-state index in [2.05, 4.69) is 10.1 Å². The summed E-state index contributed by atoms with van der Waals surface area (Å²) in [7, 11) is -3.49. The first-order valence-electron chi connectivity index (χ1n) is 8.07. The molecular formula is C17H17N3O3S2. The van der Waals surface area contributed by atoms with Crippen molar-refractivity contribution in [1.29, 1.82) is 0 Å². The van der Waals surface area contributed by atoms with Crippen LogP contribution in [0.1, 0.15) is 24.7 Å². The molecule has 1 fully saturated rings. The van der Waals surface area contributed by atoms with E-state index in [1.807, 2.05) is 23.6 Å². The van der Waals surface area contributed by atoms with E-state index in [-0.39, 0.29) is 5.92 Å². The van der Waals surface area contributed by atoms with Crippen molar-refractivity contribution < 1.29 is 12.9 Å². The van der Waals surface area contributed by atoms with Gasteiger partial charge in [0, 0.05) is 13.1 Å². The van der Waals surface area contributed by atoms with E-state index in [9.17, 15) is 8.42 Å². The second kappa shape index (κ2) is 6.70. The van der Waals surface area contributed by atoms with Crippen LogP contribution in [0.15, 0.2) is 57.3 Å². The Hall–Kier alpha value is -2.03. The van der Waals surface area contributed by atoms with Gasteiger partial charge in [0.25, 0.3) is 0 Å². The lowest BCUT2D eigenvalue weighted by Crippen LogP contribution is -2.39. The fourth-order valence-corrected chi connectivity index (χ4v) is 5.20. The minimum absolute atomic E-state index is 0.0755. The fourth-order valence-electron chi connectivity index (χ4n) is 3.01. The van der Waals surface area contributed by atoms with Crippen LogP contribution in [0.5, 0.6) is 0 Å². The second-order valence-electron chi connectivity index (χ2n) is 5.95. The molecule has 2 aromatic heterocycles. The molecule has 0 saturated carbocycles. The number of sulfonamides is 1. The van der Waals surface area contributed by atoms with Crippen LogP contribution in [0.25, 0.3) is 10.7 Å². The Bertz CT molecular complexity index is 937. The first-order chi connectivity index (χ1) is 12.1. The average Bonchev–Trinajstić information content (AvgIpc) is 3.34. The molecule has 0 N–H and O–H groups in total. The van der Waals surface area contributed by atoms with E-state index in [0.717, 1.165) is 17.7 Å². The molecule has 0 radical (unpaired) electrons. The summed E-state index contributed by atoms with van der Waals surface area (Å²) in [5.74, 6) is 0.998. The molecule has 6 nitrogen and oxygen atoms in total. The molecule has 3 aromatic rings. The molecule has 0 amide bonds. The van der Waals surface area contributed by atoms with Crippen molar-refractivity contribution in [2.24, 2.45) is 0 Å². The third-order valence-electron chi connectivity index (χ3n) is 4.30. The van der Waals surface area contributed by atoms with E-state index >= 15 is 0 Å². The summed E-state index contributed by atoms with van der Waals surface area (Å²) in [5.41, 5.74) is 0. The number of aromatic nitrogens is 2. The molecule has 8 heteroatoms. The number of hydrogen-bond acceptors (Lipinski definition) is 6. The smallest absolute Gasteiger partial charge is 0.243 e. The Labute approximate surface area is 150 Å². The van der Waals surface area contributed by atoms with Crippen molar-refractivity contribution in [2.75, 3.05) is 13.1 Å². The summed E-state index contributed by atoms with van der Waals surface area (Å²) in [6, 6.07) is 12.4. The van der Waals surface area contributed by atoms with E-state index in [4.69, 9.17) is 4.52 Å². The quantitative estimate of drug-likeness (QED) is 0.699. The normalized spacial score (nSPS) is 19.1. The molecule has 0 bridgehead atoms. The van der Waals surface area contributed by atoms with Gasteiger partial charge < -0.3 is 4.52 Å². The Balaban J connectivity index is 1.55. The van der Waals surface area contributed by atoms with E-state index in [1.165, 1.54) is 4.31 Å². The van der Waals surface area contributed by atoms with Gasteiger partial charge in [0.2, 0.25) is 21.7 Å². The Morgan fingerprint density at radius 3 is 2.76 bits per heavy atom. The van der Waals surface area contributed by atoms with Crippen LogP contribution in [0.4, 0.5) is 0 Å². The van der Waals surface area contributed by atoms with Gasteiger partial charge in [-0.2, -0.15) is 9.29 Å². The number of rotatable bonds is 4. The van der Waals surface area contributed by atoms with Gasteiger partial charge in [0.1, 0.15) is 0 Å². The number of hydrogen-bond donors (Lipinski definition) is 0. The first-order valence-corrected chi connectivity index (χ1v) is 10.4. The molecule has 0 aliphatic carbocycles. The van der Waals surface area contributed by atoms with Gasteiger partial charge in [-0.1, -0.05) is 29.4 Å². The molecule has 1 saturated heterocycles. The predicted octanol–water partition coefficient (Wildman–Crippen LogP) is 3.37. The van der Waals surface area contributed by atoms with Gasteiger partial charge in [0.15, 0.2) is 0 Å². The van der Waals surface area contributed by atoms with Crippen LogP contribution in [-0.4, -0.2) is 36.0 Å². The van der Waals surface area contributed by atoms with Crippen molar-refractivity contribution in [3.05, 3.63) is 53.7 Å². The molecule has 4 rings (SSSR count). The standard InChI is InChI=1S/C17H17N3O3S2/c21-25(22,14-7-2-1-3-8-14)20-10-4-6-13(12-20)17-18-16(19-23-17)15-9-5-11-24-15/h1-3,5,7-9,11,13H,4,6,10,12H2/t13-/m1/s1. The average molecular weight is 375 g/mol. The third-order valence-corrected chi connectivity index (χ3v) is 7.04. The lowest BCUT2D eigenvalue weighted by Gasteiger charge is -2.30.